The maximum absolute atomic E-state index is 8.05. The van der Waals surface area contributed by atoms with Crippen molar-refractivity contribution >= 4 is 63.8 Å². The Morgan fingerprint density at radius 3 is 1.67 bits per heavy atom. The second-order valence-electron chi connectivity index (χ2n) is 11.2. The van der Waals surface area contributed by atoms with E-state index in [2.05, 4.69) is 140 Å². The molecule has 0 aliphatic carbocycles. The molecule has 0 atom stereocenters. The Labute approximate surface area is 255 Å². The molecule has 0 aliphatic heterocycles. The van der Waals surface area contributed by atoms with E-state index in [9.17, 15) is 0 Å². The fraction of sp³-hybridized carbons (Fsp3) is 0. The van der Waals surface area contributed by atoms with Gasteiger partial charge in [0.25, 0.3) is 0 Å². The minimum Gasteiger partial charge on any atom is -0.135 e. The van der Waals surface area contributed by atoms with E-state index in [1.54, 1.807) is 0 Å². The van der Waals surface area contributed by atoms with Crippen LogP contribution in [-0.4, -0.2) is 0 Å². The molecule has 9 rings (SSSR count). The monoisotopic (exact) mass is 563 g/mol. The summed E-state index contributed by atoms with van der Waals surface area (Å²) in [6.07, 6.45) is 0. The largest absolute Gasteiger partial charge is 0.135 e. The Morgan fingerprint density at radius 1 is 0.349 bits per heavy atom. The predicted molar refractivity (Wildman–Crippen MR) is 188 cm³/mol. The van der Waals surface area contributed by atoms with Crippen LogP contribution in [0, 0.1) is 0 Å². The lowest BCUT2D eigenvalue weighted by Gasteiger charge is -2.18. The van der Waals surface area contributed by atoms with Gasteiger partial charge >= 0.3 is 0 Å². The first kappa shape index (κ1) is 23.3. The van der Waals surface area contributed by atoms with E-state index in [1.807, 2.05) is 23.5 Å². The summed E-state index contributed by atoms with van der Waals surface area (Å²) in [6, 6.07) is 55.3. The van der Waals surface area contributed by atoms with Gasteiger partial charge in [0.15, 0.2) is 0 Å². The molecule has 1 aromatic heterocycles. The highest BCUT2D eigenvalue weighted by Gasteiger charge is 2.17. The summed E-state index contributed by atoms with van der Waals surface area (Å²) in [7, 11) is 0. The lowest BCUT2D eigenvalue weighted by Crippen LogP contribution is -1.91. The average Bonchev–Trinajstić information content (AvgIpc) is 3.45. The standard InChI is InChI=1S/C42H26S/c1-2-11-28-24-32(21-20-27(28)10-1)42-36-17-5-3-15-34(36)41(35-16-4-6-18-37(35)42)31-13-9-12-29(25-31)30-22-23-40-38(26-30)33-14-7-8-19-39(33)43-40/h1-26H/i1D. The van der Waals surface area contributed by atoms with Crippen molar-refractivity contribution in [2.24, 2.45) is 0 Å². The molecule has 0 unspecified atom stereocenters. The van der Waals surface area contributed by atoms with Crippen LogP contribution in [0.3, 0.4) is 0 Å². The van der Waals surface area contributed by atoms with Crippen molar-refractivity contribution in [1.29, 1.82) is 0 Å². The first-order valence-corrected chi connectivity index (χ1v) is 15.5. The normalized spacial score (nSPS) is 12.0. The van der Waals surface area contributed by atoms with Gasteiger partial charge in [-0.2, -0.15) is 0 Å². The number of hydrogen-bond acceptors (Lipinski definition) is 1. The van der Waals surface area contributed by atoms with Gasteiger partial charge in [-0.25, -0.2) is 0 Å². The Balaban J connectivity index is 1.27. The van der Waals surface area contributed by atoms with E-state index in [0.717, 1.165) is 10.8 Å². The first-order chi connectivity index (χ1) is 21.7. The van der Waals surface area contributed by atoms with Crippen molar-refractivity contribution in [1.82, 2.24) is 0 Å². The van der Waals surface area contributed by atoms with Crippen LogP contribution >= 0.6 is 11.3 Å². The first-order valence-electron chi connectivity index (χ1n) is 15.2. The van der Waals surface area contributed by atoms with Gasteiger partial charge in [0, 0.05) is 20.2 Å². The van der Waals surface area contributed by atoms with Gasteiger partial charge in [-0.1, -0.05) is 127 Å². The molecule has 0 saturated heterocycles. The maximum Gasteiger partial charge on any atom is 0.0623 e. The van der Waals surface area contributed by atoms with Gasteiger partial charge in [0.1, 0.15) is 0 Å². The molecule has 0 fully saturated rings. The molecule has 0 amide bonds. The van der Waals surface area contributed by atoms with Gasteiger partial charge in [-0.05, 0) is 96.0 Å². The van der Waals surface area contributed by atoms with E-state index < -0.39 is 0 Å². The van der Waals surface area contributed by atoms with Gasteiger partial charge in [-0.3, -0.25) is 0 Å². The molecule has 0 saturated carbocycles. The SMILES string of the molecule is [2H]c1ccc2cc(-c3c4ccccc4c(-c4cccc(-c5ccc6sc7ccccc7c6c5)c4)c4ccccc34)ccc2c1. The highest BCUT2D eigenvalue weighted by atomic mass is 32.1. The highest BCUT2D eigenvalue weighted by Crippen LogP contribution is 2.45. The topological polar surface area (TPSA) is 0 Å². The Morgan fingerprint density at radius 2 is 0.930 bits per heavy atom. The third-order valence-corrected chi connectivity index (χ3v) is 9.92. The molecule has 0 aliphatic rings. The summed E-state index contributed by atoms with van der Waals surface area (Å²) in [5.41, 5.74) is 7.39. The second-order valence-corrected chi connectivity index (χ2v) is 12.3. The fourth-order valence-electron chi connectivity index (χ4n) is 6.79. The molecule has 0 N–H and O–H groups in total. The Bertz CT molecular complexity index is 2510. The minimum atomic E-state index is 0.538. The predicted octanol–water partition coefficient (Wildman–Crippen LogP) is 12.5. The maximum atomic E-state index is 8.05. The van der Waals surface area contributed by atoms with Gasteiger partial charge < -0.3 is 0 Å². The molecule has 0 nitrogen and oxygen atoms in total. The van der Waals surface area contributed by atoms with Crippen molar-refractivity contribution in [2.45, 2.75) is 0 Å². The van der Waals surface area contributed by atoms with Crippen molar-refractivity contribution in [3.8, 4) is 33.4 Å². The summed E-state index contributed by atoms with van der Waals surface area (Å²) in [6.45, 7) is 0. The summed E-state index contributed by atoms with van der Waals surface area (Å²) >= 11 is 1.86. The third kappa shape index (κ3) is 3.90. The van der Waals surface area contributed by atoms with Crippen LogP contribution in [0.25, 0.3) is 85.9 Å². The number of fused-ring (bicyclic) bond motifs is 6. The van der Waals surface area contributed by atoms with E-state index in [0.29, 0.717) is 6.04 Å². The number of hydrogen-bond donors (Lipinski definition) is 0. The number of thiophene rings is 1. The zero-order chi connectivity index (χ0) is 29.2. The quantitative estimate of drug-likeness (QED) is 0.188. The van der Waals surface area contributed by atoms with Crippen LogP contribution in [0.15, 0.2) is 158 Å². The van der Waals surface area contributed by atoms with E-state index in [4.69, 9.17) is 1.37 Å². The summed E-state index contributed by atoms with van der Waals surface area (Å²) < 4.78 is 10.7. The molecule has 43 heavy (non-hydrogen) atoms. The van der Waals surface area contributed by atoms with Gasteiger partial charge in [0.05, 0.1) is 1.37 Å². The molecule has 9 aromatic rings. The van der Waals surface area contributed by atoms with Crippen molar-refractivity contribution in [3.05, 3.63) is 158 Å². The second kappa shape index (κ2) is 9.66. The molecule has 1 heteroatoms. The van der Waals surface area contributed by atoms with E-state index >= 15 is 0 Å². The lowest BCUT2D eigenvalue weighted by molar-refractivity contribution is 1.63. The summed E-state index contributed by atoms with van der Waals surface area (Å²) in [4.78, 5) is 0. The van der Waals surface area contributed by atoms with Crippen LogP contribution < -0.4 is 0 Å². The molecule has 0 spiro atoms. The smallest absolute Gasteiger partial charge is 0.0623 e. The third-order valence-electron chi connectivity index (χ3n) is 8.77. The summed E-state index contributed by atoms with van der Waals surface area (Å²) in [5.74, 6) is 0. The van der Waals surface area contributed by atoms with Crippen molar-refractivity contribution in [2.75, 3.05) is 0 Å². The van der Waals surface area contributed by atoms with Crippen LogP contribution in [-0.2, 0) is 0 Å². The fourth-order valence-corrected chi connectivity index (χ4v) is 7.88. The molecule has 0 bridgehead atoms. The molecular formula is C42H26S. The van der Waals surface area contributed by atoms with Crippen LogP contribution in [0.5, 0.6) is 0 Å². The number of benzene rings is 8. The van der Waals surface area contributed by atoms with Gasteiger partial charge in [-0.15, -0.1) is 11.3 Å². The zero-order valence-electron chi connectivity index (χ0n) is 24.3. The van der Waals surface area contributed by atoms with Gasteiger partial charge in [0.2, 0.25) is 0 Å². The minimum absolute atomic E-state index is 0.538. The van der Waals surface area contributed by atoms with Crippen LogP contribution in [0.1, 0.15) is 1.37 Å². The summed E-state index contributed by atoms with van der Waals surface area (Å²) in [5, 5.41) is 9.88. The van der Waals surface area contributed by atoms with Crippen molar-refractivity contribution < 1.29 is 1.37 Å². The van der Waals surface area contributed by atoms with Crippen LogP contribution in [0.2, 0.25) is 0 Å². The van der Waals surface area contributed by atoms with Crippen molar-refractivity contribution in [3.63, 3.8) is 0 Å². The highest BCUT2D eigenvalue weighted by molar-refractivity contribution is 7.25. The average molecular weight is 564 g/mol. The van der Waals surface area contributed by atoms with Crippen LogP contribution in [0.4, 0.5) is 0 Å². The molecule has 1 heterocycles. The Hall–Kier alpha value is -5.24. The van der Waals surface area contributed by atoms with E-state index in [-0.39, 0.29) is 0 Å². The zero-order valence-corrected chi connectivity index (χ0v) is 24.2. The molecule has 0 radical (unpaired) electrons. The van der Waals surface area contributed by atoms with E-state index in [1.165, 1.54) is 75.1 Å². The molecule has 200 valence electrons. The molecule has 8 aromatic carbocycles. The lowest BCUT2D eigenvalue weighted by atomic mass is 9.85. The Kier molecular flexibility index (Phi) is 5.24. The molecular weight excluding hydrogens is 537 g/mol. The number of rotatable bonds is 3.